The minimum Gasteiger partial charge on any atom is -0.383 e. The zero-order chi connectivity index (χ0) is 15.6. The second-order valence-electron chi connectivity index (χ2n) is 7.50. The Morgan fingerprint density at radius 1 is 1.36 bits per heavy atom. The molecule has 0 aromatic rings. The smallest absolute Gasteiger partial charge is 0.249 e. The van der Waals surface area contributed by atoms with E-state index < -0.39 is 0 Å². The molecule has 1 aliphatic carbocycles. The van der Waals surface area contributed by atoms with Crippen molar-refractivity contribution < 1.29 is 9.53 Å². The van der Waals surface area contributed by atoms with E-state index in [4.69, 9.17) is 4.74 Å². The minimum absolute atomic E-state index is 0.314. The van der Waals surface area contributed by atoms with Crippen molar-refractivity contribution in [2.75, 3.05) is 40.4 Å². The van der Waals surface area contributed by atoms with Gasteiger partial charge in [0.15, 0.2) is 0 Å². The van der Waals surface area contributed by atoms with Gasteiger partial charge in [-0.05, 0) is 57.4 Å². The van der Waals surface area contributed by atoms with E-state index in [1.165, 1.54) is 19.3 Å². The number of likely N-dealkylation sites (tertiary alicyclic amines) is 2. The van der Waals surface area contributed by atoms with Gasteiger partial charge < -0.3 is 14.5 Å². The Hall–Kier alpha value is -0.870. The first-order chi connectivity index (χ1) is 10.6. The number of amides is 1. The Morgan fingerprint density at radius 2 is 2.14 bits per heavy atom. The van der Waals surface area contributed by atoms with E-state index in [1.54, 1.807) is 7.11 Å². The fourth-order valence-electron chi connectivity index (χ4n) is 4.54. The second kappa shape index (κ2) is 6.71. The molecule has 2 fully saturated rings. The molecule has 0 saturated carbocycles. The molecule has 4 heteroatoms. The third-order valence-electron chi connectivity index (χ3n) is 5.91. The molecule has 2 aliphatic heterocycles. The van der Waals surface area contributed by atoms with Crippen molar-refractivity contribution in [1.82, 2.24) is 9.80 Å². The van der Waals surface area contributed by atoms with Gasteiger partial charge >= 0.3 is 0 Å². The Balaban J connectivity index is 1.56. The third kappa shape index (κ3) is 3.23. The predicted octanol–water partition coefficient (Wildman–Crippen LogP) is 2.45. The number of carbonyl (C=O) groups excluding carboxylic acids is 1. The van der Waals surface area contributed by atoms with Gasteiger partial charge in [-0.2, -0.15) is 0 Å². The molecule has 1 atom stereocenters. The highest BCUT2D eigenvalue weighted by Gasteiger charge is 2.44. The maximum absolute atomic E-state index is 12.6. The number of piperidine rings is 1. The largest absolute Gasteiger partial charge is 0.383 e. The van der Waals surface area contributed by atoms with Crippen LogP contribution in [-0.4, -0.2) is 62.1 Å². The first kappa shape index (κ1) is 16.0. The van der Waals surface area contributed by atoms with E-state index >= 15 is 0 Å². The molecule has 2 saturated heterocycles. The molecule has 0 N–H and O–H groups in total. The lowest BCUT2D eigenvalue weighted by Crippen LogP contribution is -2.44. The molecule has 1 unspecified atom stereocenters. The fraction of sp³-hybridized carbons (Fsp3) is 0.833. The Bertz CT molecular complexity index is 438. The van der Waals surface area contributed by atoms with Gasteiger partial charge in [-0.3, -0.25) is 4.79 Å². The van der Waals surface area contributed by atoms with Crippen LogP contribution in [-0.2, 0) is 9.53 Å². The topological polar surface area (TPSA) is 32.8 Å². The Kier molecular flexibility index (Phi) is 4.88. The van der Waals surface area contributed by atoms with Crippen molar-refractivity contribution in [3.8, 4) is 0 Å². The summed E-state index contributed by atoms with van der Waals surface area (Å²) in [4.78, 5) is 17.2. The predicted molar refractivity (Wildman–Crippen MR) is 87.7 cm³/mol. The summed E-state index contributed by atoms with van der Waals surface area (Å²) < 4.78 is 5.36. The number of hydrogen-bond donors (Lipinski definition) is 0. The van der Waals surface area contributed by atoms with E-state index in [9.17, 15) is 4.79 Å². The van der Waals surface area contributed by atoms with Gasteiger partial charge in [0.2, 0.25) is 5.91 Å². The number of carbonyl (C=O) groups is 1. The van der Waals surface area contributed by atoms with E-state index in [-0.39, 0.29) is 0 Å². The van der Waals surface area contributed by atoms with Gasteiger partial charge in [-0.1, -0.05) is 6.08 Å². The lowest BCUT2D eigenvalue weighted by molar-refractivity contribution is -0.129. The summed E-state index contributed by atoms with van der Waals surface area (Å²) in [6.45, 7) is 3.85. The van der Waals surface area contributed by atoms with Crippen molar-refractivity contribution >= 4 is 5.91 Å². The first-order valence-corrected chi connectivity index (χ1v) is 8.81. The van der Waals surface area contributed by atoms with Gasteiger partial charge in [0.25, 0.3) is 0 Å². The van der Waals surface area contributed by atoms with Crippen molar-refractivity contribution in [2.24, 2.45) is 5.41 Å². The van der Waals surface area contributed by atoms with Crippen LogP contribution in [0.5, 0.6) is 0 Å². The number of hydrogen-bond acceptors (Lipinski definition) is 3. The number of rotatable bonds is 3. The van der Waals surface area contributed by atoms with Crippen LogP contribution in [0.25, 0.3) is 0 Å². The molecule has 0 aromatic heterocycles. The molecule has 3 rings (SSSR count). The molecule has 0 aromatic carbocycles. The standard InChI is InChI=1S/C18H30N2O2/c1-19-14-18(12-16(19)13-22-2)8-10-20(11-9-18)17(21)15-6-4-3-5-7-15/h6,16H,3-5,7-14H2,1-2H3. The average molecular weight is 306 g/mol. The van der Waals surface area contributed by atoms with Gasteiger partial charge in [-0.25, -0.2) is 0 Å². The van der Waals surface area contributed by atoms with E-state index in [0.717, 1.165) is 57.5 Å². The van der Waals surface area contributed by atoms with Crippen LogP contribution < -0.4 is 0 Å². The molecular weight excluding hydrogens is 276 g/mol. The third-order valence-corrected chi connectivity index (χ3v) is 5.91. The summed E-state index contributed by atoms with van der Waals surface area (Å²) in [6.07, 6.45) is 10.2. The van der Waals surface area contributed by atoms with Crippen molar-refractivity contribution in [1.29, 1.82) is 0 Å². The van der Waals surface area contributed by atoms with Gasteiger partial charge in [-0.15, -0.1) is 0 Å². The van der Waals surface area contributed by atoms with Gasteiger partial charge in [0.05, 0.1) is 6.61 Å². The number of allylic oxidation sites excluding steroid dienone is 1. The highest BCUT2D eigenvalue weighted by Crippen LogP contribution is 2.43. The van der Waals surface area contributed by atoms with Crippen LogP contribution in [0.15, 0.2) is 11.6 Å². The molecule has 124 valence electrons. The SMILES string of the molecule is COCC1CC2(CCN(C(=O)C3=CCCCC3)CC2)CN1C. The normalized spacial score (nSPS) is 28.9. The first-order valence-electron chi connectivity index (χ1n) is 8.81. The monoisotopic (exact) mass is 306 g/mol. The zero-order valence-electron chi connectivity index (χ0n) is 14.1. The summed E-state index contributed by atoms with van der Waals surface area (Å²) in [6, 6.07) is 0.549. The molecular formula is C18H30N2O2. The molecule has 4 nitrogen and oxygen atoms in total. The van der Waals surface area contributed by atoms with E-state index in [2.05, 4.69) is 22.9 Å². The highest BCUT2D eigenvalue weighted by atomic mass is 16.5. The molecule has 2 heterocycles. The summed E-state index contributed by atoms with van der Waals surface area (Å²) in [5, 5.41) is 0. The Labute approximate surface area is 134 Å². The van der Waals surface area contributed by atoms with Crippen LogP contribution >= 0.6 is 0 Å². The van der Waals surface area contributed by atoms with Crippen molar-refractivity contribution in [2.45, 2.75) is 51.0 Å². The maximum atomic E-state index is 12.6. The van der Waals surface area contributed by atoms with E-state index in [0.29, 0.717) is 17.4 Å². The molecule has 0 bridgehead atoms. The molecule has 1 amide bonds. The number of likely N-dealkylation sites (N-methyl/N-ethyl adjacent to an activating group) is 1. The summed E-state index contributed by atoms with van der Waals surface area (Å²) >= 11 is 0. The molecule has 0 radical (unpaired) electrons. The minimum atomic E-state index is 0.314. The number of ether oxygens (including phenoxy) is 1. The lowest BCUT2D eigenvalue weighted by Gasteiger charge is -2.39. The van der Waals surface area contributed by atoms with Crippen LogP contribution in [0.4, 0.5) is 0 Å². The van der Waals surface area contributed by atoms with E-state index in [1.807, 2.05) is 0 Å². The summed E-state index contributed by atoms with van der Waals surface area (Å²) in [7, 11) is 4.00. The van der Waals surface area contributed by atoms with Gasteiger partial charge in [0, 0.05) is 38.4 Å². The molecule has 22 heavy (non-hydrogen) atoms. The highest BCUT2D eigenvalue weighted by molar-refractivity contribution is 5.93. The van der Waals surface area contributed by atoms with Crippen LogP contribution in [0.3, 0.4) is 0 Å². The zero-order valence-corrected chi connectivity index (χ0v) is 14.1. The average Bonchev–Trinajstić information content (AvgIpc) is 2.84. The summed E-state index contributed by atoms with van der Waals surface area (Å²) in [5.74, 6) is 0.314. The quantitative estimate of drug-likeness (QED) is 0.803. The molecule has 1 spiro atoms. The van der Waals surface area contributed by atoms with Crippen LogP contribution in [0.2, 0.25) is 0 Å². The lowest BCUT2D eigenvalue weighted by atomic mass is 9.76. The number of methoxy groups -OCH3 is 1. The van der Waals surface area contributed by atoms with Crippen molar-refractivity contribution in [3.63, 3.8) is 0 Å². The van der Waals surface area contributed by atoms with Crippen LogP contribution in [0, 0.1) is 5.41 Å². The maximum Gasteiger partial charge on any atom is 0.249 e. The summed E-state index contributed by atoms with van der Waals surface area (Å²) in [5.41, 5.74) is 1.48. The molecule has 3 aliphatic rings. The Morgan fingerprint density at radius 3 is 2.77 bits per heavy atom. The van der Waals surface area contributed by atoms with Crippen LogP contribution in [0.1, 0.15) is 44.9 Å². The number of nitrogens with zero attached hydrogens (tertiary/aromatic N) is 2. The van der Waals surface area contributed by atoms with Gasteiger partial charge in [0.1, 0.15) is 0 Å². The second-order valence-corrected chi connectivity index (χ2v) is 7.50. The fourth-order valence-corrected chi connectivity index (χ4v) is 4.54. The van der Waals surface area contributed by atoms with Crippen molar-refractivity contribution in [3.05, 3.63) is 11.6 Å².